The first-order valence-corrected chi connectivity index (χ1v) is 17.1. The van der Waals surface area contributed by atoms with Crippen LogP contribution in [-0.2, 0) is 7.05 Å². The minimum atomic E-state index is 0.358. The van der Waals surface area contributed by atoms with Crippen LogP contribution in [0.15, 0.2) is 132 Å². The van der Waals surface area contributed by atoms with Gasteiger partial charge in [-0.05, 0) is 53.1 Å². The van der Waals surface area contributed by atoms with Gasteiger partial charge >= 0.3 is 0 Å². The summed E-state index contributed by atoms with van der Waals surface area (Å²) >= 11 is 0. The molecule has 2 heterocycles. The Hall–Kier alpha value is -5.41. The lowest BCUT2D eigenvalue weighted by Gasteiger charge is -2.18. The van der Waals surface area contributed by atoms with E-state index in [1.54, 1.807) is 0 Å². The molecule has 8 rings (SSSR count). The fourth-order valence-electron chi connectivity index (χ4n) is 7.53. The Morgan fingerprint density at radius 3 is 1.88 bits per heavy atom. The van der Waals surface area contributed by atoms with E-state index >= 15 is 0 Å². The van der Waals surface area contributed by atoms with E-state index in [9.17, 15) is 0 Å². The molecule has 0 spiro atoms. The number of benzene rings is 6. The summed E-state index contributed by atoms with van der Waals surface area (Å²) in [5, 5.41) is 2.26. The third-order valence-electron chi connectivity index (χ3n) is 9.98. The van der Waals surface area contributed by atoms with Crippen molar-refractivity contribution in [3.63, 3.8) is 0 Å². The number of aromatic nitrogens is 2. The van der Waals surface area contributed by atoms with Crippen LogP contribution in [0.3, 0.4) is 0 Å². The molecule has 6 aromatic carbocycles. The number of fused-ring (bicyclic) bond motifs is 4. The molecular formula is C45H41N2O+. The number of rotatable bonds is 6. The lowest BCUT2D eigenvalue weighted by molar-refractivity contribution is -0.633. The SMILES string of the molecule is Cc1ccc2c(oc3c(-c4ccc(-c5ccccc5)cc4)cccc32)c1-c1n(-c2c(C(C)C)cccc2C(C)C)c2ccccc2[n+]1C. The second-order valence-corrected chi connectivity index (χ2v) is 13.7. The second kappa shape index (κ2) is 11.7. The molecule has 0 saturated carbocycles. The maximum atomic E-state index is 7.09. The highest BCUT2D eigenvalue weighted by molar-refractivity contribution is 6.13. The summed E-state index contributed by atoms with van der Waals surface area (Å²) in [6.45, 7) is 11.4. The van der Waals surface area contributed by atoms with Crippen molar-refractivity contribution in [2.45, 2.75) is 46.5 Å². The molecule has 0 fully saturated rings. The fraction of sp³-hybridized carbons (Fsp3) is 0.178. The van der Waals surface area contributed by atoms with Gasteiger partial charge in [0.15, 0.2) is 16.6 Å². The van der Waals surface area contributed by atoms with Gasteiger partial charge in [-0.3, -0.25) is 0 Å². The zero-order valence-electron chi connectivity index (χ0n) is 28.6. The van der Waals surface area contributed by atoms with Crippen LogP contribution >= 0.6 is 0 Å². The van der Waals surface area contributed by atoms with Crippen LogP contribution < -0.4 is 4.57 Å². The second-order valence-electron chi connectivity index (χ2n) is 13.7. The summed E-state index contributed by atoms with van der Waals surface area (Å²) in [4.78, 5) is 0. The lowest BCUT2D eigenvalue weighted by atomic mass is 9.92. The molecule has 236 valence electrons. The number of nitrogens with zero attached hydrogens (tertiary/aromatic N) is 2. The van der Waals surface area contributed by atoms with Crippen molar-refractivity contribution in [2.75, 3.05) is 0 Å². The molecule has 3 heteroatoms. The van der Waals surface area contributed by atoms with Gasteiger partial charge in [0.2, 0.25) is 0 Å². The molecule has 0 atom stereocenters. The van der Waals surface area contributed by atoms with E-state index in [0.717, 1.165) is 44.5 Å². The van der Waals surface area contributed by atoms with E-state index in [4.69, 9.17) is 4.42 Å². The van der Waals surface area contributed by atoms with Crippen molar-refractivity contribution < 1.29 is 8.98 Å². The molecule has 0 aliphatic rings. The number of hydrogen-bond acceptors (Lipinski definition) is 1. The normalized spacial score (nSPS) is 11.9. The monoisotopic (exact) mass is 625 g/mol. The maximum Gasteiger partial charge on any atom is 0.299 e. The van der Waals surface area contributed by atoms with Crippen LogP contribution in [0.5, 0.6) is 0 Å². The third kappa shape index (κ3) is 4.68. The Kier molecular flexibility index (Phi) is 7.29. The van der Waals surface area contributed by atoms with Gasteiger partial charge in [0.1, 0.15) is 16.8 Å². The zero-order chi connectivity index (χ0) is 33.1. The number of para-hydroxylation sites is 4. The predicted molar refractivity (Wildman–Crippen MR) is 201 cm³/mol. The highest BCUT2D eigenvalue weighted by Gasteiger charge is 2.33. The number of hydrogen-bond donors (Lipinski definition) is 0. The molecule has 8 aromatic rings. The Morgan fingerprint density at radius 2 is 1.17 bits per heavy atom. The Morgan fingerprint density at radius 1 is 0.562 bits per heavy atom. The molecule has 0 unspecified atom stereocenters. The van der Waals surface area contributed by atoms with E-state index in [2.05, 4.69) is 178 Å². The molecule has 0 amide bonds. The quantitative estimate of drug-likeness (QED) is 0.169. The van der Waals surface area contributed by atoms with Crippen LogP contribution in [0.2, 0.25) is 0 Å². The minimum absolute atomic E-state index is 0.358. The average molecular weight is 626 g/mol. The highest BCUT2D eigenvalue weighted by Crippen LogP contribution is 2.43. The van der Waals surface area contributed by atoms with Crippen LogP contribution in [0.4, 0.5) is 0 Å². The fourth-order valence-corrected chi connectivity index (χ4v) is 7.53. The third-order valence-corrected chi connectivity index (χ3v) is 9.98. The molecule has 0 aliphatic heterocycles. The summed E-state index contributed by atoms with van der Waals surface area (Å²) in [5.74, 6) is 1.84. The van der Waals surface area contributed by atoms with Crippen LogP contribution in [0.25, 0.3) is 72.3 Å². The van der Waals surface area contributed by atoms with Gasteiger partial charge in [-0.2, -0.15) is 4.57 Å². The zero-order valence-corrected chi connectivity index (χ0v) is 28.6. The molecule has 0 radical (unpaired) electrons. The first kappa shape index (κ1) is 30.0. The molecular weight excluding hydrogens is 585 g/mol. The first-order chi connectivity index (χ1) is 23.3. The van der Waals surface area contributed by atoms with Crippen LogP contribution in [0.1, 0.15) is 56.2 Å². The van der Waals surface area contributed by atoms with E-state index in [1.807, 2.05) is 0 Å². The van der Waals surface area contributed by atoms with Gasteiger partial charge in [0.05, 0.1) is 7.05 Å². The predicted octanol–water partition coefficient (Wildman–Crippen LogP) is 11.9. The summed E-state index contributed by atoms with van der Waals surface area (Å²) in [6.07, 6.45) is 0. The number of furan rings is 1. The van der Waals surface area contributed by atoms with Gasteiger partial charge in [-0.25, -0.2) is 4.57 Å². The number of imidazole rings is 1. The van der Waals surface area contributed by atoms with E-state index in [-0.39, 0.29) is 0 Å². The largest absolute Gasteiger partial charge is 0.454 e. The minimum Gasteiger partial charge on any atom is -0.454 e. The molecule has 0 N–H and O–H groups in total. The molecule has 0 aliphatic carbocycles. The Bertz CT molecular complexity index is 2430. The van der Waals surface area contributed by atoms with E-state index in [1.165, 1.54) is 44.5 Å². The molecule has 0 bridgehead atoms. The lowest BCUT2D eigenvalue weighted by Crippen LogP contribution is -2.30. The van der Waals surface area contributed by atoms with Crippen LogP contribution in [-0.4, -0.2) is 4.57 Å². The Labute approximate surface area is 282 Å². The Balaban J connectivity index is 1.42. The van der Waals surface area contributed by atoms with Crippen molar-refractivity contribution in [2.24, 2.45) is 7.05 Å². The van der Waals surface area contributed by atoms with Crippen molar-refractivity contribution in [1.82, 2.24) is 4.57 Å². The standard InChI is InChI=1S/C45H41N2O/c1-28(2)34-16-12-17-35(29(3)4)42(34)47-40-21-11-10-20-39(40)46(6)45(47)41-30(5)22-27-38-37-19-13-18-36(43(37)48-44(38)41)33-25-23-32(24-26-33)31-14-8-7-9-15-31/h7-29H,1-6H3/q+1. The average Bonchev–Trinajstić information content (AvgIpc) is 3.63. The topological polar surface area (TPSA) is 21.9 Å². The van der Waals surface area contributed by atoms with Crippen molar-refractivity contribution in [3.05, 3.63) is 144 Å². The highest BCUT2D eigenvalue weighted by atomic mass is 16.3. The van der Waals surface area contributed by atoms with Gasteiger partial charge < -0.3 is 4.42 Å². The van der Waals surface area contributed by atoms with Gasteiger partial charge in [-0.15, -0.1) is 0 Å². The number of aryl methyl sites for hydroxylation is 2. The summed E-state index contributed by atoms with van der Waals surface area (Å²) in [7, 11) is 2.20. The molecule has 48 heavy (non-hydrogen) atoms. The smallest absolute Gasteiger partial charge is 0.299 e. The van der Waals surface area contributed by atoms with Crippen molar-refractivity contribution >= 4 is 33.0 Å². The molecule has 3 nitrogen and oxygen atoms in total. The maximum absolute atomic E-state index is 7.09. The molecule has 2 aromatic heterocycles. The van der Waals surface area contributed by atoms with Crippen LogP contribution in [0, 0.1) is 6.92 Å². The summed E-state index contributed by atoms with van der Waals surface area (Å²) in [6, 6.07) is 46.0. The van der Waals surface area contributed by atoms with Crippen molar-refractivity contribution in [3.8, 4) is 39.3 Å². The van der Waals surface area contributed by atoms with E-state index < -0.39 is 0 Å². The first-order valence-electron chi connectivity index (χ1n) is 17.1. The summed E-state index contributed by atoms with van der Waals surface area (Å²) < 4.78 is 12.0. The van der Waals surface area contributed by atoms with E-state index in [0.29, 0.717) is 11.8 Å². The van der Waals surface area contributed by atoms with Crippen molar-refractivity contribution in [1.29, 1.82) is 0 Å². The van der Waals surface area contributed by atoms with Gasteiger partial charge in [-0.1, -0.05) is 143 Å². The molecule has 0 saturated heterocycles. The van der Waals surface area contributed by atoms with Gasteiger partial charge in [0, 0.05) is 27.5 Å². The summed E-state index contributed by atoms with van der Waals surface area (Å²) in [5.41, 5.74) is 15.2. The van der Waals surface area contributed by atoms with Gasteiger partial charge in [0.25, 0.3) is 5.82 Å².